The summed E-state index contributed by atoms with van der Waals surface area (Å²) < 4.78 is 22.9. The van der Waals surface area contributed by atoms with E-state index in [9.17, 15) is 13.2 Å². The van der Waals surface area contributed by atoms with Gasteiger partial charge in [0.2, 0.25) is 5.91 Å². The fourth-order valence-electron chi connectivity index (χ4n) is 2.71. The maximum Gasteiger partial charge on any atom is 0.239 e. The molecule has 1 atom stereocenters. The summed E-state index contributed by atoms with van der Waals surface area (Å²) in [5.74, 6) is -0.0783. The Hall–Kier alpha value is -1.70. The van der Waals surface area contributed by atoms with Crippen molar-refractivity contribution in [3.8, 4) is 0 Å². The molecule has 2 N–H and O–H groups in total. The molecule has 0 spiro atoms. The zero-order valence-electron chi connectivity index (χ0n) is 13.9. The van der Waals surface area contributed by atoms with Gasteiger partial charge in [0.1, 0.15) is 0 Å². The van der Waals surface area contributed by atoms with Crippen LogP contribution < -0.4 is 10.6 Å². The van der Waals surface area contributed by atoms with Gasteiger partial charge in [-0.2, -0.15) is 0 Å². The van der Waals surface area contributed by atoms with Crippen molar-refractivity contribution in [3.05, 3.63) is 53.6 Å². The summed E-state index contributed by atoms with van der Waals surface area (Å²) in [6.07, 6.45) is 0.473. The molecule has 26 heavy (non-hydrogen) atoms. The number of halogens is 1. The van der Waals surface area contributed by atoms with Gasteiger partial charge in [0.25, 0.3) is 0 Å². The van der Waals surface area contributed by atoms with Crippen molar-refractivity contribution in [2.24, 2.45) is 0 Å². The molecule has 1 unspecified atom stereocenters. The minimum Gasteiger partial charge on any atom is -0.375 e. The molecule has 1 aliphatic rings. The molecule has 8 heteroatoms. The molecule has 138 valence electrons. The van der Waals surface area contributed by atoms with E-state index in [1.54, 1.807) is 17.8 Å². The maximum atomic E-state index is 12.1. The van der Waals surface area contributed by atoms with Gasteiger partial charge in [0.15, 0.2) is 9.84 Å². The van der Waals surface area contributed by atoms with Gasteiger partial charge in [-0.25, -0.2) is 8.42 Å². The highest BCUT2D eigenvalue weighted by molar-refractivity contribution is 7.99. The zero-order chi connectivity index (χ0) is 18.6. The number of carbonyl (C=O) groups excluding carboxylic acids is 1. The van der Waals surface area contributed by atoms with Gasteiger partial charge in [-0.3, -0.25) is 4.79 Å². The smallest absolute Gasteiger partial charge is 0.239 e. The van der Waals surface area contributed by atoms with Gasteiger partial charge in [-0.1, -0.05) is 41.6 Å². The predicted molar refractivity (Wildman–Crippen MR) is 106 cm³/mol. The zero-order valence-corrected chi connectivity index (χ0v) is 16.3. The maximum absolute atomic E-state index is 12.1. The summed E-state index contributed by atoms with van der Waals surface area (Å²) in [6, 6.07) is 15.1. The largest absolute Gasteiger partial charge is 0.375 e. The molecule has 1 heterocycles. The van der Waals surface area contributed by atoms with E-state index in [2.05, 4.69) is 10.6 Å². The third-order valence-electron chi connectivity index (χ3n) is 3.95. The fourth-order valence-corrected chi connectivity index (χ4v) is 5.48. The van der Waals surface area contributed by atoms with E-state index < -0.39 is 9.84 Å². The number of carbonyl (C=O) groups is 1. The third kappa shape index (κ3) is 5.40. The lowest BCUT2D eigenvalue weighted by Crippen LogP contribution is -2.39. The van der Waals surface area contributed by atoms with Crippen molar-refractivity contribution < 1.29 is 13.2 Å². The van der Waals surface area contributed by atoms with Crippen LogP contribution in [0, 0.1) is 0 Å². The first kappa shape index (κ1) is 19.1. The Morgan fingerprint density at radius 1 is 1.19 bits per heavy atom. The van der Waals surface area contributed by atoms with Crippen molar-refractivity contribution in [2.45, 2.75) is 22.3 Å². The number of hydrogen-bond donors (Lipinski definition) is 2. The summed E-state index contributed by atoms with van der Waals surface area (Å²) >= 11 is 7.66. The highest BCUT2D eigenvalue weighted by Crippen LogP contribution is 2.34. The quantitative estimate of drug-likeness (QED) is 0.764. The molecule has 0 radical (unpaired) electrons. The summed E-state index contributed by atoms with van der Waals surface area (Å²) in [5.41, 5.74) is 0.764. The second kappa shape index (κ2) is 8.33. The molecule has 0 aliphatic carbocycles. The van der Waals surface area contributed by atoms with Crippen molar-refractivity contribution in [1.29, 1.82) is 0 Å². The van der Waals surface area contributed by atoms with Crippen molar-refractivity contribution >= 4 is 44.8 Å². The number of rotatable bonds is 6. The van der Waals surface area contributed by atoms with Crippen LogP contribution in [0.25, 0.3) is 0 Å². The van der Waals surface area contributed by atoms with Crippen LogP contribution in [-0.2, 0) is 14.6 Å². The van der Waals surface area contributed by atoms with E-state index in [0.29, 0.717) is 11.4 Å². The lowest BCUT2D eigenvalue weighted by atomic mass is 10.2. The van der Waals surface area contributed by atoms with Crippen molar-refractivity contribution in [2.75, 3.05) is 23.4 Å². The Balaban J connectivity index is 1.62. The van der Waals surface area contributed by atoms with E-state index in [4.69, 9.17) is 11.6 Å². The third-order valence-corrected chi connectivity index (χ3v) is 7.04. The van der Waals surface area contributed by atoms with Crippen LogP contribution in [-0.4, -0.2) is 38.4 Å². The molecule has 0 saturated carbocycles. The van der Waals surface area contributed by atoms with Crippen LogP contribution in [0.2, 0.25) is 5.02 Å². The minimum atomic E-state index is -3.01. The predicted octanol–water partition coefficient (Wildman–Crippen LogP) is 3.21. The lowest BCUT2D eigenvalue weighted by Gasteiger charge is -2.14. The van der Waals surface area contributed by atoms with E-state index in [1.165, 1.54) is 0 Å². The fraction of sp³-hybridized carbons (Fsp3) is 0.278. The highest BCUT2D eigenvalue weighted by atomic mass is 35.5. The molecule has 0 bridgehead atoms. The molecule has 1 saturated heterocycles. The molecule has 2 aromatic rings. The van der Waals surface area contributed by atoms with Gasteiger partial charge in [-0.15, -0.1) is 0 Å². The van der Waals surface area contributed by atoms with Gasteiger partial charge in [-0.05, 0) is 36.8 Å². The van der Waals surface area contributed by atoms with Crippen LogP contribution >= 0.6 is 23.4 Å². The lowest BCUT2D eigenvalue weighted by molar-refractivity contribution is -0.119. The first-order valence-corrected chi connectivity index (χ1v) is 11.2. The Morgan fingerprint density at radius 3 is 2.65 bits per heavy atom. The molecule has 0 aromatic heterocycles. The summed E-state index contributed by atoms with van der Waals surface area (Å²) in [6.45, 7) is 0.0548. The van der Waals surface area contributed by atoms with Crippen LogP contribution in [0.4, 0.5) is 5.69 Å². The second-order valence-electron chi connectivity index (χ2n) is 6.08. The van der Waals surface area contributed by atoms with Crippen LogP contribution in [0.3, 0.4) is 0 Å². The Bertz CT molecular complexity index is 889. The summed E-state index contributed by atoms with van der Waals surface area (Å²) in [7, 11) is -3.01. The molecular formula is C18H19ClN2O3S2. The first-order valence-electron chi connectivity index (χ1n) is 8.17. The number of amides is 1. The Labute approximate surface area is 162 Å². The molecule has 1 aliphatic heterocycles. The number of nitrogens with one attached hydrogen (secondary N) is 2. The average Bonchev–Trinajstić information content (AvgIpc) is 2.94. The van der Waals surface area contributed by atoms with E-state index in [1.807, 2.05) is 42.5 Å². The SMILES string of the molecule is O=C(CNc1cc(Cl)ccc1Sc1ccccc1)NC1CCS(=O)(=O)C1. The van der Waals surface area contributed by atoms with E-state index >= 15 is 0 Å². The summed E-state index contributed by atoms with van der Waals surface area (Å²) in [5, 5.41) is 6.45. The molecular weight excluding hydrogens is 392 g/mol. The van der Waals surface area contributed by atoms with Crippen LogP contribution in [0.15, 0.2) is 58.3 Å². The van der Waals surface area contributed by atoms with Gasteiger partial charge >= 0.3 is 0 Å². The van der Waals surface area contributed by atoms with Crippen molar-refractivity contribution in [1.82, 2.24) is 5.32 Å². The molecule has 1 amide bonds. The first-order chi connectivity index (χ1) is 12.4. The number of hydrogen-bond acceptors (Lipinski definition) is 5. The summed E-state index contributed by atoms with van der Waals surface area (Å²) in [4.78, 5) is 14.2. The topological polar surface area (TPSA) is 75.3 Å². The molecule has 2 aromatic carbocycles. The average molecular weight is 411 g/mol. The van der Waals surface area contributed by atoms with Gasteiger partial charge in [0.05, 0.1) is 23.7 Å². The van der Waals surface area contributed by atoms with Gasteiger partial charge in [0, 0.05) is 20.9 Å². The van der Waals surface area contributed by atoms with E-state index in [0.717, 1.165) is 15.5 Å². The number of sulfone groups is 1. The van der Waals surface area contributed by atoms with E-state index in [-0.39, 0.29) is 30.0 Å². The minimum absolute atomic E-state index is 0.0189. The second-order valence-corrected chi connectivity index (χ2v) is 9.86. The molecule has 3 rings (SSSR count). The normalized spacial score (nSPS) is 18.4. The van der Waals surface area contributed by atoms with Crippen LogP contribution in [0.1, 0.15) is 6.42 Å². The standard InChI is InChI=1S/C18H19ClN2O3S2/c19-13-6-7-17(25-15-4-2-1-3-5-15)16(10-13)20-11-18(22)21-14-8-9-26(23,24)12-14/h1-7,10,14,20H,8-9,11-12H2,(H,21,22). The van der Waals surface area contributed by atoms with Crippen LogP contribution in [0.5, 0.6) is 0 Å². The van der Waals surface area contributed by atoms with Gasteiger partial charge < -0.3 is 10.6 Å². The molecule has 1 fully saturated rings. The number of benzene rings is 2. The number of anilines is 1. The highest BCUT2D eigenvalue weighted by Gasteiger charge is 2.28. The van der Waals surface area contributed by atoms with Crippen molar-refractivity contribution in [3.63, 3.8) is 0 Å². The monoisotopic (exact) mass is 410 g/mol. The Morgan fingerprint density at radius 2 is 1.96 bits per heavy atom. The molecule has 5 nitrogen and oxygen atoms in total. The Kier molecular flexibility index (Phi) is 6.11.